The summed E-state index contributed by atoms with van der Waals surface area (Å²) in [5.41, 5.74) is 7.88. The number of nitrogens with zero attached hydrogens (tertiary/aromatic N) is 2. The van der Waals surface area contributed by atoms with E-state index < -0.39 is 0 Å². The van der Waals surface area contributed by atoms with Crippen molar-refractivity contribution in [3.8, 4) is 0 Å². The van der Waals surface area contributed by atoms with Crippen molar-refractivity contribution in [3.63, 3.8) is 0 Å². The highest BCUT2D eigenvalue weighted by atomic mass is 15.2. The molecule has 0 aliphatic carbocycles. The van der Waals surface area contributed by atoms with Crippen LogP contribution in [0.5, 0.6) is 0 Å². The lowest BCUT2D eigenvalue weighted by Crippen LogP contribution is -2.13. The van der Waals surface area contributed by atoms with Crippen molar-refractivity contribution < 1.29 is 0 Å². The largest absolute Gasteiger partial charge is 0.382 e. The third-order valence-corrected chi connectivity index (χ3v) is 2.68. The third-order valence-electron chi connectivity index (χ3n) is 2.68. The monoisotopic (exact) mass is 242 g/mol. The number of rotatable bonds is 2. The summed E-state index contributed by atoms with van der Waals surface area (Å²) in [5.74, 6) is 1.12. The highest BCUT2D eigenvalue weighted by molar-refractivity contribution is 5.62. The van der Waals surface area contributed by atoms with E-state index >= 15 is 0 Å². The van der Waals surface area contributed by atoms with E-state index in [0.29, 0.717) is 11.6 Å². The smallest absolute Gasteiger partial charge is 0.153 e. The van der Waals surface area contributed by atoms with Crippen LogP contribution < -0.4 is 11.1 Å². The number of para-hydroxylation sites is 1. The predicted octanol–water partition coefficient (Wildman–Crippen LogP) is 3.10. The molecule has 18 heavy (non-hydrogen) atoms. The third kappa shape index (κ3) is 2.77. The first-order valence-electron chi connectivity index (χ1n) is 5.92. The molecular weight excluding hydrogens is 224 g/mol. The molecule has 4 heteroatoms. The molecule has 0 atom stereocenters. The molecule has 0 aliphatic rings. The first-order chi connectivity index (χ1) is 8.47. The van der Waals surface area contributed by atoms with Crippen molar-refractivity contribution in [2.45, 2.75) is 26.2 Å². The van der Waals surface area contributed by atoms with Gasteiger partial charge >= 0.3 is 0 Å². The lowest BCUT2D eigenvalue weighted by Gasteiger charge is -2.23. The van der Waals surface area contributed by atoms with Gasteiger partial charge in [-0.05, 0) is 29.2 Å². The van der Waals surface area contributed by atoms with Crippen LogP contribution in [-0.4, -0.2) is 10.2 Å². The number of benzene rings is 1. The van der Waals surface area contributed by atoms with Gasteiger partial charge in [-0.1, -0.05) is 39.0 Å². The molecule has 3 N–H and O–H groups in total. The summed E-state index contributed by atoms with van der Waals surface area (Å²) in [7, 11) is 0. The van der Waals surface area contributed by atoms with Gasteiger partial charge in [-0.15, -0.1) is 10.2 Å². The Morgan fingerprint density at radius 1 is 1.00 bits per heavy atom. The molecule has 0 amide bonds. The number of nitrogen functional groups attached to an aromatic ring is 1. The van der Waals surface area contributed by atoms with Crippen molar-refractivity contribution in [2.24, 2.45) is 0 Å². The summed E-state index contributed by atoms with van der Waals surface area (Å²) in [6.45, 7) is 6.55. The molecule has 0 saturated heterocycles. The van der Waals surface area contributed by atoms with Crippen LogP contribution in [-0.2, 0) is 5.41 Å². The molecule has 1 aromatic carbocycles. The molecule has 4 nitrogen and oxygen atoms in total. The maximum Gasteiger partial charge on any atom is 0.153 e. The minimum atomic E-state index is 0.0742. The molecule has 2 aromatic rings. The van der Waals surface area contributed by atoms with Gasteiger partial charge in [-0.3, -0.25) is 0 Å². The number of anilines is 3. The standard InChI is InChI=1S/C14H18N4/c1-14(2,3)10-6-4-5-7-11(10)16-13-9-8-12(15)17-18-13/h4-9H,1-3H3,(H2,15,17)(H,16,18). The van der Waals surface area contributed by atoms with Gasteiger partial charge in [0.15, 0.2) is 5.82 Å². The van der Waals surface area contributed by atoms with Gasteiger partial charge in [-0.25, -0.2) is 0 Å². The fraction of sp³-hybridized carbons (Fsp3) is 0.286. The van der Waals surface area contributed by atoms with E-state index in [-0.39, 0.29) is 5.41 Å². The van der Waals surface area contributed by atoms with Crippen molar-refractivity contribution in [1.29, 1.82) is 0 Å². The minimum Gasteiger partial charge on any atom is -0.382 e. The number of nitrogens with two attached hydrogens (primary N) is 1. The van der Waals surface area contributed by atoms with Crippen molar-refractivity contribution in [3.05, 3.63) is 42.0 Å². The van der Waals surface area contributed by atoms with E-state index in [2.05, 4.69) is 42.4 Å². The maximum absolute atomic E-state index is 5.52. The van der Waals surface area contributed by atoms with Crippen LogP contribution in [0, 0.1) is 0 Å². The number of aromatic nitrogens is 2. The Hall–Kier alpha value is -2.10. The minimum absolute atomic E-state index is 0.0742. The lowest BCUT2D eigenvalue weighted by atomic mass is 9.86. The van der Waals surface area contributed by atoms with Gasteiger partial charge in [0.2, 0.25) is 0 Å². The number of hydrogen-bond donors (Lipinski definition) is 2. The zero-order valence-electron chi connectivity index (χ0n) is 10.9. The topological polar surface area (TPSA) is 63.8 Å². The average Bonchev–Trinajstić information content (AvgIpc) is 2.31. The van der Waals surface area contributed by atoms with E-state index in [1.54, 1.807) is 6.07 Å². The fourth-order valence-corrected chi connectivity index (χ4v) is 1.79. The summed E-state index contributed by atoms with van der Waals surface area (Å²) >= 11 is 0. The van der Waals surface area contributed by atoms with Crippen LogP contribution in [0.15, 0.2) is 36.4 Å². The zero-order chi connectivity index (χ0) is 13.2. The Labute approximate surface area is 107 Å². The molecule has 0 aliphatic heterocycles. The van der Waals surface area contributed by atoms with Crippen LogP contribution in [0.4, 0.5) is 17.3 Å². The molecule has 2 rings (SSSR count). The van der Waals surface area contributed by atoms with E-state index in [4.69, 9.17) is 5.73 Å². The van der Waals surface area contributed by atoms with E-state index in [1.807, 2.05) is 24.3 Å². The van der Waals surface area contributed by atoms with Gasteiger partial charge < -0.3 is 11.1 Å². The Kier molecular flexibility index (Phi) is 3.19. The van der Waals surface area contributed by atoms with Crippen LogP contribution >= 0.6 is 0 Å². The molecule has 1 heterocycles. The molecule has 0 spiro atoms. The molecule has 0 radical (unpaired) electrons. The van der Waals surface area contributed by atoms with Gasteiger partial charge in [-0.2, -0.15) is 0 Å². The SMILES string of the molecule is CC(C)(C)c1ccccc1Nc1ccc(N)nn1. The Morgan fingerprint density at radius 3 is 2.33 bits per heavy atom. The Morgan fingerprint density at radius 2 is 1.72 bits per heavy atom. The van der Waals surface area contributed by atoms with Crippen LogP contribution in [0.2, 0.25) is 0 Å². The lowest BCUT2D eigenvalue weighted by molar-refractivity contribution is 0.592. The average molecular weight is 242 g/mol. The second-order valence-electron chi connectivity index (χ2n) is 5.26. The molecular formula is C14H18N4. The Balaban J connectivity index is 2.32. The summed E-state index contributed by atoms with van der Waals surface area (Å²) in [4.78, 5) is 0. The maximum atomic E-state index is 5.52. The second-order valence-corrected chi connectivity index (χ2v) is 5.26. The van der Waals surface area contributed by atoms with Crippen LogP contribution in [0.3, 0.4) is 0 Å². The van der Waals surface area contributed by atoms with E-state index in [9.17, 15) is 0 Å². The summed E-state index contributed by atoms with van der Waals surface area (Å²) in [6, 6.07) is 11.8. The van der Waals surface area contributed by atoms with Gasteiger partial charge in [0.1, 0.15) is 5.82 Å². The molecule has 0 bridgehead atoms. The first kappa shape index (κ1) is 12.4. The van der Waals surface area contributed by atoms with Crippen LogP contribution in [0.1, 0.15) is 26.3 Å². The molecule has 0 saturated carbocycles. The van der Waals surface area contributed by atoms with Crippen molar-refractivity contribution in [1.82, 2.24) is 10.2 Å². The van der Waals surface area contributed by atoms with Crippen molar-refractivity contribution in [2.75, 3.05) is 11.1 Å². The van der Waals surface area contributed by atoms with Gasteiger partial charge in [0, 0.05) is 5.69 Å². The molecule has 94 valence electrons. The number of hydrogen-bond acceptors (Lipinski definition) is 4. The molecule has 0 fully saturated rings. The summed E-state index contributed by atoms with van der Waals surface area (Å²) < 4.78 is 0. The van der Waals surface area contributed by atoms with E-state index in [1.165, 1.54) is 5.56 Å². The van der Waals surface area contributed by atoms with Gasteiger partial charge in [0.05, 0.1) is 0 Å². The van der Waals surface area contributed by atoms with E-state index in [0.717, 1.165) is 5.69 Å². The summed E-state index contributed by atoms with van der Waals surface area (Å²) in [6.07, 6.45) is 0. The fourth-order valence-electron chi connectivity index (χ4n) is 1.79. The van der Waals surface area contributed by atoms with Gasteiger partial charge in [0.25, 0.3) is 0 Å². The second kappa shape index (κ2) is 4.64. The number of nitrogens with one attached hydrogen (secondary N) is 1. The molecule has 0 unspecified atom stereocenters. The first-order valence-corrected chi connectivity index (χ1v) is 5.92. The predicted molar refractivity (Wildman–Crippen MR) is 74.9 cm³/mol. The quantitative estimate of drug-likeness (QED) is 0.849. The van der Waals surface area contributed by atoms with Crippen molar-refractivity contribution >= 4 is 17.3 Å². The summed E-state index contributed by atoms with van der Waals surface area (Å²) in [5, 5.41) is 11.1. The Bertz CT molecular complexity index is 526. The molecule has 1 aromatic heterocycles. The zero-order valence-corrected chi connectivity index (χ0v) is 10.9. The normalized spacial score (nSPS) is 11.3. The van der Waals surface area contributed by atoms with Crippen LogP contribution in [0.25, 0.3) is 0 Å². The highest BCUT2D eigenvalue weighted by Crippen LogP contribution is 2.30. The highest BCUT2D eigenvalue weighted by Gasteiger charge is 2.17.